The van der Waals surface area contributed by atoms with Crippen molar-refractivity contribution < 1.29 is 18.3 Å². The van der Waals surface area contributed by atoms with Gasteiger partial charge in [-0.1, -0.05) is 26.0 Å². The minimum Gasteiger partial charge on any atom is -0.480 e. The van der Waals surface area contributed by atoms with Crippen LogP contribution in [0.1, 0.15) is 38.7 Å². The summed E-state index contributed by atoms with van der Waals surface area (Å²) in [4.78, 5) is 11.8. The zero-order valence-corrected chi connectivity index (χ0v) is 13.2. The summed E-state index contributed by atoms with van der Waals surface area (Å²) in [5.74, 6) is -1.06. The lowest BCUT2D eigenvalue weighted by atomic mass is 9.95. The normalized spacial score (nSPS) is 23.3. The lowest BCUT2D eigenvalue weighted by Crippen LogP contribution is -2.52. The molecule has 0 amide bonds. The molecule has 1 aliphatic rings. The Kier molecular flexibility index (Phi) is 4.39. The standard InChI is InChI=1S/C15H21NO4S/c1-3-12-6-8-13(9-7-12)21(19,20)16-11-5-10-15(16,4-2)14(17)18/h6-9H,3-5,10-11H2,1-2H3,(H,17,18). The Hall–Kier alpha value is -1.40. The fourth-order valence-electron chi connectivity index (χ4n) is 2.95. The molecule has 0 aliphatic carbocycles. The number of aryl methyl sites for hydroxylation is 1. The highest BCUT2D eigenvalue weighted by molar-refractivity contribution is 7.89. The molecule has 1 atom stereocenters. The highest BCUT2D eigenvalue weighted by Gasteiger charge is 2.51. The Morgan fingerprint density at radius 3 is 2.38 bits per heavy atom. The van der Waals surface area contributed by atoms with Crippen LogP contribution in [0.3, 0.4) is 0 Å². The third kappa shape index (κ3) is 2.58. The van der Waals surface area contributed by atoms with E-state index >= 15 is 0 Å². The SMILES string of the molecule is CCc1ccc(S(=O)(=O)N2CCCC2(CC)C(=O)O)cc1. The first-order valence-electron chi connectivity index (χ1n) is 7.23. The van der Waals surface area contributed by atoms with Crippen molar-refractivity contribution in [3.8, 4) is 0 Å². The summed E-state index contributed by atoms with van der Waals surface area (Å²) in [6.07, 6.45) is 2.05. The van der Waals surface area contributed by atoms with Crippen molar-refractivity contribution in [2.24, 2.45) is 0 Å². The maximum Gasteiger partial charge on any atom is 0.325 e. The maximum absolute atomic E-state index is 12.8. The van der Waals surface area contributed by atoms with Crippen LogP contribution < -0.4 is 0 Å². The van der Waals surface area contributed by atoms with E-state index in [9.17, 15) is 18.3 Å². The molecule has 1 fully saturated rings. The van der Waals surface area contributed by atoms with Gasteiger partial charge in [0.15, 0.2) is 0 Å². The molecule has 0 radical (unpaired) electrons. The van der Waals surface area contributed by atoms with Gasteiger partial charge < -0.3 is 5.11 Å². The van der Waals surface area contributed by atoms with Gasteiger partial charge in [-0.05, 0) is 43.4 Å². The van der Waals surface area contributed by atoms with E-state index in [2.05, 4.69) is 0 Å². The largest absolute Gasteiger partial charge is 0.480 e. The number of aliphatic carboxylic acids is 1. The molecule has 1 N–H and O–H groups in total. The fourth-order valence-corrected chi connectivity index (χ4v) is 4.81. The quantitative estimate of drug-likeness (QED) is 0.905. The lowest BCUT2D eigenvalue weighted by molar-refractivity contribution is -0.147. The average Bonchev–Trinajstić information content (AvgIpc) is 2.93. The topological polar surface area (TPSA) is 74.7 Å². The average molecular weight is 311 g/mol. The van der Waals surface area contributed by atoms with Gasteiger partial charge in [-0.3, -0.25) is 4.79 Å². The summed E-state index contributed by atoms with van der Waals surface area (Å²) in [7, 11) is -3.78. The van der Waals surface area contributed by atoms with Crippen molar-refractivity contribution in [1.82, 2.24) is 4.31 Å². The van der Waals surface area contributed by atoms with Gasteiger partial charge in [0.25, 0.3) is 0 Å². The lowest BCUT2D eigenvalue weighted by Gasteiger charge is -2.32. The third-order valence-corrected chi connectivity index (χ3v) is 6.31. The summed E-state index contributed by atoms with van der Waals surface area (Å²) in [5, 5.41) is 9.52. The van der Waals surface area contributed by atoms with Crippen LogP contribution in [0.25, 0.3) is 0 Å². The molecule has 116 valence electrons. The first kappa shape index (κ1) is 16.0. The second-order valence-corrected chi connectivity index (χ2v) is 7.23. The Balaban J connectivity index is 2.44. The van der Waals surface area contributed by atoms with E-state index in [1.54, 1.807) is 31.2 Å². The molecule has 1 heterocycles. The zero-order valence-electron chi connectivity index (χ0n) is 12.4. The smallest absolute Gasteiger partial charge is 0.325 e. The zero-order chi connectivity index (χ0) is 15.7. The number of benzene rings is 1. The highest BCUT2D eigenvalue weighted by atomic mass is 32.2. The third-order valence-electron chi connectivity index (χ3n) is 4.33. The monoisotopic (exact) mass is 311 g/mol. The van der Waals surface area contributed by atoms with Crippen molar-refractivity contribution in [3.63, 3.8) is 0 Å². The Morgan fingerprint density at radius 1 is 1.29 bits per heavy atom. The van der Waals surface area contributed by atoms with Gasteiger partial charge in [0.2, 0.25) is 10.0 Å². The molecule has 0 aromatic heterocycles. The van der Waals surface area contributed by atoms with Gasteiger partial charge in [-0.25, -0.2) is 8.42 Å². The minimum absolute atomic E-state index is 0.167. The molecule has 0 saturated carbocycles. The highest BCUT2D eigenvalue weighted by Crippen LogP contribution is 2.37. The molecule has 6 heteroatoms. The van der Waals surface area contributed by atoms with Crippen LogP contribution in [-0.4, -0.2) is 35.9 Å². The van der Waals surface area contributed by atoms with Crippen molar-refractivity contribution in [3.05, 3.63) is 29.8 Å². The second kappa shape index (κ2) is 5.77. The van der Waals surface area contributed by atoms with Crippen LogP contribution in [0.5, 0.6) is 0 Å². The van der Waals surface area contributed by atoms with Gasteiger partial charge >= 0.3 is 5.97 Å². The molecule has 1 saturated heterocycles. The van der Waals surface area contributed by atoms with Crippen LogP contribution in [0.15, 0.2) is 29.2 Å². The van der Waals surface area contributed by atoms with Gasteiger partial charge in [0.1, 0.15) is 5.54 Å². The number of carboxylic acids is 1. The van der Waals surface area contributed by atoms with Gasteiger partial charge in [0, 0.05) is 6.54 Å². The number of hydrogen-bond donors (Lipinski definition) is 1. The first-order valence-corrected chi connectivity index (χ1v) is 8.67. The van der Waals surface area contributed by atoms with E-state index < -0.39 is 21.5 Å². The van der Waals surface area contributed by atoms with Gasteiger partial charge in [0.05, 0.1) is 4.90 Å². The van der Waals surface area contributed by atoms with Crippen molar-refractivity contribution in [2.75, 3.05) is 6.54 Å². The molecule has 1 aromatic carbocycles. The van der Waals surface area contributed by atoms with E-state index in [-0.39, 0.29) is 17.9 Å². The number of carbonyl (C=O) groups is 1. The summed E-state index contributed by atoms with van der Waals surface area (Å²) in [5.41, 5.74) is -0.252. The minimum atomic E-state index is -3.78. The fraction of sp³-hybridized carbons (Fsp3) is 0.533. The van der Waals surface area contributed by atoms with Crippen molar-refractivity contribution in [2.45, 2.75) is 50.0 Å². The Bertz CT molecular complexity index is 624. The first-order chi connectivity index (χ1) is 9.88. The second-order valence-electron chi connectivity index (χ2n) is 5.37. The maximum atomic E-state index is 12.8. The van der Waals surface area contributed by atoms with Crippen LogP contribution in [-0.2, 0) is 21.2 Å². The van der Waals surface area contributed by atoms with Crippen LogP contribution >= 0.6 is 0 Å². The van der Waals surface area contributed by atoms with Crippen LogP contribution in [0, 0.1) is 0 Å². The summed E-state index contributed by atoms with van der Waals surface area (Å²) >= 11 is 0. The number of rotatable bonds is 5. The summed E-state index contributed by atoms with van der Waals surface area (Å²) in [6, 6.07) is 6.68. The molecule has 0 bridgehead atoms. The summed E-state index contributed by atoms with van der Waals surface area (Å²) < 4.78 is 26.7. The van der Waals surface area contributed by atoms with Gasteiger partial charge in [-0.15, -0.1) is 0 Å². The predicted molar refractivity (Wildman–Crippen MR) is 79.6 cm³/mol. The Morgan fingerprint density at radius 2 is 1.90 bits per heavy atom. The van der Waals surface area contributed by atoms with E-state index in [4.69, 9.17) is 0 Å². The molecular formula is C15H21NO4S. The number of sulfonamides is 1. The van der Waals surface area contributed by atoms with E-state index in [0.717, 1.165) is 12.0 Å². The van der Waals surface area contributed by atoms with Crippen LogP contribution in [0.4, 0.5) is 0 Å². The molecule has 1 aliphatic heterocycles. The molecule has 1 aromatic rings. The van der Waals surface area contributed by atoms with E-state index in [1.165, 1.54) is 4.31 Å². The molecular weight excluding hydrogens is 290 g/mol. The number of nitrogens with zero attached hydrogens (tertiary/aromatic N) is 1. The van der Waals surface area contributed by atoms with Crippen LogP contribution in [0.2, 0.25) is 0 Å². The molecule has 5 nitrogen and oxygen atoms in total. The molecule has 21 heavy (non-hydrogen) atoms. The Labute approximate surface area is 125 Å². The molecule has 0 spiro atoms. The van der Waals surface area contributed by atoms with Crippen molar-refractivity contribution >= 4 is 16.0 Å². The van der Waals surface area contributed by atoms with Crippen molar-refractivity contribution in [1.29, 1.82) is 0 Å². The van der Waals surface area contributed by atoms with E-state index in [1.807, 2.05) is 6.92 Å². The number of hydrogen-bond acceptors (Lipinski definition) is 3. The summed E-state index contributed by atoms with van der Waals surface area (Å²) in [6.45, 7) is 3.98. The molecule has 1 unspecified atom stereocenters. The predicted octanol–water partition coefficient (Wildman–Crippen LogP) is 2.27. The molecule has 2 rings (SSSR count). The number of carboxylic acid groups (broad SMARTS) is 1. The van der Waals surface area contributed by atoms with Gasteiger partial charge in [-0.2, -0.15) is 4.31 Å². The van der Waals surface area contributed by atoms with E-state index in [0.29, 0.717) is 12.8 Å².